The molecule has 0 saturated carbocycles. The zero-order valence-electron chi connectivity index (χ0n) is 13.3. The number of rotatable bonds is 5. The molecule has 2 rings (SSSR count). The van der Waals surface area contributed by atoms with Gasteiger partial charge in [-0.3, -0.25) is 9.59 Å². The van der Waals surface area contributed by atoms with Gasteiger partial charge in [0.25, 0.3) is 0 Å². The number of thioether (sulfide) groups is 1. The second kappa shape index (κ2) is 7.10. The van der Waals surface area contributed by atoms with Gasteiger partial charge >= 0.3 is 0 Å². The van der Waals surface area contributed by atoms with Crippen molar-refractivity contribution in [3.63, 3.8) is 0 Å². The largest absolute Gasteiger partial charge is 0.353 e. The Hall–Kier alpha value is -1.61. The first-order valence-corrected chi connectivity index (χ1v) is 9.96. The van der Waals surface area contributed by atoms with E-state index >= 15 is 0 Å². The Labute approximate surface area is 144 Å². The third kappa shape index (κ3) is 4.47. The first kappa shape index (κ1) is 18.7. The van der Waals surface area contributed by atoms with Crippen LogP contribution >= 0.6 is 11.8 Å². The topological polar surface area (TPSA) is 92.3 Å². The highest BCUT2D eigenvalue weighted by atomic mass is 32.2. The lowest BCUT2D eigenvalue weighted by molar-refractivity contribution is -0.129. The van der Waals surface area contributed by atoms with Crippen molar-refractivity contribution in [1.29, 1.82) is 0 Å². The predicted octanol–water partition coefficient (Wildman–Crippen LogP) is 0.726. The van der Waals surface area contributed by atoms with Gasteiger partial charge in [-0.15, -0.1) is 11.8 Å². The number of carbonyl (C=O) groups is 2. The molecule has 1 atom stereocenters. The molecule has 1 saturated heterocycles. The maximum absolute atomic E-state index is 12.8. The van der Waals surface area contributed by atoms with Crippen LogP contribution in [0.5, 0.6) is 0 Å². The molecular weight excluding hydrogens is 355 g/mol. The average molecular weight is 374 g/mol. The van der Waals surface area contributed by atoms with Crippen LogP contribution in [0, 0.1) is 5.82 Å². The molecule has 1 aliphatic rings. The molecule has 0 bridgehead atoms. The van der Waals surface area contributed by atoms with E-state index in [0.29, 0.717) is 5.75 Å². The first-order valence-electron chi connectivity index (χ1n) is 7.33. The first-order chi connectivity index (χ1) is 11.1. The average Bonchev–Trinajstić information content (AvgIpc) is 2.50. The Balaban J connectivity index is 1.86. The van der Waals surface area contributed by atoms with Crippen molar-refractivity contribution < 1.29 is 22.4 Å². The van der Waals surface area contributed by atoms with E-state index in [4.69, 9.17) is 0 Å². The molecule has 1 aromatic rings. The summed E-state index contributed by atoms with van der Waals surface area (Å²) in [6.45, 7) is 3.46. The molecular formula is C15H19FN2O4S2. The van der Waals surface area contributed by atoms with E-state index in [2.05, 4.69) is 10.6 Å². The van der Waals surface area contributed by atoms with Gasteiger partial charge in [-0.05, 0) is 38.1 Å². The van der Waals surface area contributed by atoms with Crippen LogP contribution in [0.25, 0.3) is 0 Å². The Kier molecular flexibility index (Phi) is 5.54. The lowest BCUT2D eigenvalue weighted by atomic mass is 10.1. The molecule has 0 radical (unpaired) electrons. The molecule has 0 aliphatic carbocycles. The van der Waals surface area contributed by atoms with Crippen molar-refractivity contribution in [2.24, 2.45) is 0 Å². The molecule has 1 aliphatic heterocycles. The van der Waals surface area contributed by atoms with Crippen LogP contribution in [0.1, 0.15) is 13.8 Å². The SMILES string of the molecule is CC1(C)SC[C@@H](C(=O)NCCS(=O)(=O)c2ccc(F)cc2)NC1=O. The summed E-state index contributed by atoms with van der Waals surface area (Å²) >= 11 is 1.38. The van der Waals surface area contributed by atoms with Gasteiger partial charge in [0.1, 0.15) is 11.9 Å². The predicted molar refractivity (Wildman–Crippen MR) is 89.9 cm³/mol. The van der Waals surface area contributed by atoms with Gasteiger partial charge in [0.15, 0.2) is 9.84 Å². The molecule has 6 nitrogen and oxygen atoms in total. The molecule has 24 heavy (non-hydrogen) atoms. The maximum atomic E-state index is 12.8. The summed E-state index contributed by atoms with van der Waals surface area (Å²) in [6.07, 6.45) is 0. The third-order valence-electron chi connectivity index (χ3n) is 3.62. The minimum atomic E-state index is -3.61. The molecule has 1 aromatic carbocycles. The van der Waals surface area contributed by atoms with Crippen LogP contribution in [-0.4, -0.2) is 49.1 Å². The summed E-state index contributed by atoms with van der Waals surface area (Å²) in [4.78, 5) is 23.9. The highest BCUT2D eigenvalue weighted by Gasteiger charge is 2.37. The van der Waals surface area contributed by atoms with E-state index in [1.165, 1.54) is 23.9 Å². The van der Waals surface area contributed by atoms with Gasteiger partial charge in [0, 0.05) is 12.3 Å². The van der Waals surface area contributed by atoms with Crippen LogP contribution in [0.2, 0.25) is 0 Å². The monoisotopic (exact) mass is 374 g/mol. The van der Waals surface area contributed by atoms with E-state index in [1.54, 1.807) is 13.8 Å². The van der Waals surface area contributed by atoms with Crippen LogP contribution in [0.3, 0.4) is 0 Å². The molecule has 1 heterocycles. The van der Waals surface area contributed by atoms with Crippen molar-refractivity contribution in [3.05, 3.63) is 30.1 Å². The van der Waals surface area contributed by atoms with Gasteiger partial charge < -0.3 is 10.6 Å². The van der Waals surface area contributed by atoms with E-state index in [0.717, 1.165) is 12.1 Å². The molecule has 2 N–H and O–H groups in total. The van der Waals surface area contributed by atoms with Gasteiger partial charge in [-0.1, -0.05) is 0 Å². The minimum Gasteiger partial charge on any atom is -0.353 e. The normalized spacial score (nSPS) is 20.3. The summed E-state index contributed by atoms with van der Waals surface area (Å²) in [5, 5.41) is 5.15. The fourth-order valence-corrected chi connectivity index (χ4v) is 4.23. The Morgan fingerprint density at radius 1 is 1.38 bits per heavy atom. The molecule has 9 heteroatoms. The van der Waals surface area contributed by atoms with Crippen LogP contribution < -0.4 is 10.6 Å². The number of sulfone groups is 1. The number of nitrogens with one attached hydrogen (secondary N) is 2. The number of amides is 2. The van der Waals surface area contributed by atoms with Crippen molar-refractivity contribution in [1.82, 2.24) is 10.6 Å². The van der Waals surface area contributed by atoms with E-state index in [9.17, 15) is 22.4 Å². The Morgan fingerprint density at radius 3 is 2.58 bits per heavy atom. The second-order valence-electron chi connectivity index (χ2n) is 5.91. The fourth-order valence-electron chi connectivity index (χ4n) is 2.06. The molecule has 132 valence electrons. The summed E-state index contributed by atoms with van der Waals surface area (Å²) in [7, 11) is -3.61. The number of hydrogen-bond acceptors (Lipinski definition) is 5. The van der Waals surface area contributed by atoms with Crippen molar-refractivity contribution in [2.45, 2.75) is 29.5 Å². The van der Waals surface area contributed by atoms with Crippen LogP contribution in [-0.2, 0) is 19.4 Å². The Bertz CT molecular complexity index is 732. The highest BCUT2D eigenvalue weighted by Crippen LogP contribution is 2.28. The second-order valence-corrected chi connectivity index (χ2v) is 9.66. The van der Waals surface area contributed by atoms with Crippen molar-refractivity contribution in [3.8, 4) is 0 Å². The molecule has 2 amide bonds. The van der Waals surface area contributed by atoms with Crippen molar-refractivity contribution in [2.75, 3.05) is 18.1 Å². The van der Waals surface area contributed by atoms with Crippen LogP contribution in [0.15, 0.2) is 29.2 Å². The summed E-state index contributed by atoms with van der Waals surface area (Å²) in [5.74, 6) is -1.03. The third-order valence-corrected chi connectivity index (χ3v) is 6.76. The molecule has 0 spiro atoms. The van der Waals surface area contributed by atoms with Gasteiger partial charge in [0.2, 0.25) is 11.8 Å². The van der Waals surface area contributed by atoms with E-state index < -0.39 is 32.4 Å². The maximum Gasteiger partial charge on any atom is 0.243 e. The zero-order chi connectivity index (χ0) is 18.0. The number of benzene rings is 1. The van der Waals surface area contributed by atoms with Crippen molar-refractivity contribution >= 4 is 33.4 Å². The number of halogens is 1. The lowest BCUT2D eigenvalue weighted by Crippen LogP contribution is -2.57. The smallest absolute Gasteiger partial charge is 0.243 e. The standard InChI is InChI=1S/C15H19FN2O4S2/c1-15(2)14(20)18-12(9-23-15)13(19)17-7-8-24(21,22)11-5-3-10(16)4-6-11/h3-6,12H,7-9H2,1-2H3,(H,17,19)(H,18,20)/t12-/m0/s1. The van der Waals surface area contributed by atoms with E-state index in [1.807, 2.05) is 0 Å². The van der Waals surface area contributed by atoms with E-state index in [-0.39, 0.29) is 23.1 Å². The number of hydrogen-bond donors (Lipinski definition) is 2. The lowest BCUT2D eigenvalue weighted by Gasteiger charge is -2.32. The molecule has 0 aromatic heterocycles. The zero-order valence-corrected chi connectivity index (χ0v) is 15.0. The summed E-state index contributed by atoms with van der Waals surface area (Å²) in [6, 6.07) is 3.84. The highest BCUT2D eigenvalue weighted by molar-refractivity contribution is 8.01. The fraction of sp³-hybridized carbons (Fsp3) is 0.467. The van der Waals surface area contributed by atoms with Gasteiger partial charge in [-0.25, -0.2) is 12.8 Å². The van der Waals surface area contributed by atoms with Gasteiger partial charge in [0.05, 0.1) is 15.4 Å². The van der Waals surface area contributed by atoms with Crippen LogP contribution in [0.4, 0.5) is 4.39 Å². The summed E-state index contributed by atoms with van der Waals surface area (Å²) < 4.78 is 36.4. The summed E-state index contributed by atoms with van der Waals surface area (Å²) in [5.41, 5.74) is 0. The minimum absolute atomic E-state index is 0.00132. The number of carbonyl (C=O) groups excluding carboxylic acids is 2. The molecule has 0 unspecified atom stereocenters. The Morgan fingerprint density at radius 2 is 2.00 bits per heavy atom. The quantitative estimate of drug-likeness (QED) is 0.741. The van der Waals surface area contributed by atoms with Gasteiger partial charge in [-0.2, -0.15) is 0 Å². The molecule has 1 fully saturated rings.